The first kappa shape index (κ1) is 20.6. The molecule has 3 rings (SSSR count). The van der Waals surface area contributed by atoms with Crippen molar-refractivity contribution >= 4 is 5.91 Å². The van der Waals surface area contributed by atoms with Crippen molar-refractivity contribution in [3.63, 3.8) is 0 Å². The maximum absolute atomic E-state index is 12.1. The fraction of sp³-hybridized carbons (Fsp3) is 0.600. The van der Waals surface area contributed by atoms with E-state index in [-0.39, 0.29) is 17.7 Å². The molecule has 154 valence electrons. The number of β-amino-alcohol motifs (C(OH)–C–C–N with tert-alkyl or cyclic N) is 1. The number of amides is 1. The third kappa shape index (κ3) is 6.19. The van der Waals surface area contributed by atoms with Crippen LogP contribution >= 0.6 is 0 Å². The summed E-state index contributed by atoms with van der Waals surface area (Å²) in [5.41, 5.74) is 0.277. The second kappa shape index (κ2) is 10.4. The third-order valence-electron chi connectivity index (χ3n) is 4.97. The number of rotatable bonds is 10. The van der Waals surface area contributed by atoms with E-state index >= 15 is 0 Å². The normalized spacial score (nSPS) is 16.9. The molecule has 2 aromatic heterocycles. The van der Waals surface area contributed by atoms with Gasteiger partial charge in [0, 0.05) is 32.7 Å². The minimum atomic E-state index is -0.280. The zero-order valence-electron chi connectivity index (χ0n) is 16.5. The van der Waals surface area contributed by atoms with Crippen LogP contribution in [-0.4, -0.2) is 64.6 Å². The molecule has 1 aliphatic heterocycles. The SMILES string of the molecule is CCCC[C@@H](O)CN1CCN(Cc2nc(C(=O)NCc3ccco3)co2)CC1. The van der Waals surface area contributed by atoms with Crippen LogP contribution < -0.4 is 5.32 Å². The van der Waals surface area contributed by atoms with Crippen LogP contribution in [0.15, 0.2) is 33.5 Å². The maximum Gasteiger partial charge on any atom is 0.273 e. The molecule has 8 nitrogen and oxygen atoms in total. The lowest BCUT2D eigenvalue weighted by molar-refractivity contribution is 0.0627. The quantitative estimate of drug-likeness (QED) is 0.639. The van der Waals surface area contributed by atoms with Gasteiger partial charge in [-0.2, -0.15) is 0 Å². The van der Waals surface area contributed by atoms with Gasteiger partial charge >= 0.3 is 0 Å². The molecule has 1 amide bonds. The highest BCUT2D eigenvalue weighted by molar-refractivity contribution is 5.91. The van der Waals surface area contributed by atoms with Gasteiger partial charge in [-0.15, -0.1) is 0 Å². The van der Waals surface area contributed by atoms with E-state index in [1.54, 1.807) is 18.4 Å². The Kier molecular flexibility index (Phi) is 7.64. The van der Waals surface area contributed by atoms with Gasteiger partial charge in [0.2, 0.25) is 5.89 Å². The van der Waals surface area contributed by atoms with Crippen molar-refractivity contribution in [3.8, 4) is 0 Å². The van der Waals surface area contributed by atoms with Gasteiger partial charge in [-0.25, -0.2) is 4.98 Å². The Morgan fingerprint density at radius 1 is 1.29 bits per heavy atom. The minimum Gasteiger partial charge on any atom is -0.467 e. The second-order valence-electron chi connectivity index (χ2n) is 7.26. The van der Waals surface area contributed by atoms with E-state index in [1.807, 2.05) is 0 Å². The van der Waals surface area contributed by atoms with E-state index < -0.39 is 0 Å². The molecule has 0 spiro atoms. The summed E-state index contributed by atoms with van der Waals surface area (Å²) < 4.78 is 10.7. The van der Waals surface area contributed by atoms with Gasteiger partial charge in [-0.1, -0.05) is 19.8 Å². The number of nitrogens with one attached hydrogen (secondary N) is 1. The summed E-state index contributed by atoms with van der Waals surface area (Å²) in [6.45, 7) is 7.40. The van der Waals surface area contributed by atoms with Gasteiger partial charge in [0.25, 0.3) is 5.91 Å². The van der Waals surface area contributed by atoms with Crippen LogP contribution in [0.2, 0.25) is 0 Å². The molecule has 2 aromatic rings. The Balaban J connectivity index is 1.39. The maximum atomic E-state index is 12.1. The molecule has 0 saturated carbocycles. The molecule has 1 aliphatic rings. The van der Waals surface area contributed by atoms with E-state index in [2.05, 4.69) is 27.0 Å². The van der Waals surface area contributed by atoms with Gasteiger partial charge in [0.1, 0.15) is 12.0 Å². The Bertz CT molecular complexity index is 708. The molecule has 1 atom stereocenters. The summed E-state index contributed by atoms with van der Waals surface area (Å²) in [5, 5.41) is 12.8. The first-order valence-electron chi connectivity index (χ1n) is 10.0. The van der Waals surface area contributed by atoms with Gasteiger partial charge in [0.15, 0.2) is 5.69 Å². The summed E-state index contributed by atoms with van der Waals surface area (Å²) in [6.07, 6.45) is 5.79. The van der Waals surface area contributed by atoms with Gasteiger partial charge < -0.3 is 19.3 Å². The first-order valence-corrected chi connectivity index (χ1v) is 10.0. The number of furan rings is 1. The van der Waals surface area contributed by atoms with Crippen LogP contribution in [0.3, 0.4) is 0 Å². The summed E-state index contributed by atoms with van der Waals surface area (Å²) in [7, 11) is 0. The average molecular weight is 390 g/mol. The fourth-order valence-corrected chi connectivity index (χ4v) is 3.31. The molecular weight excluding hydrogens is 360 g/mol. The van der Waals surface area contributed by atoms with Crippen molar-refractivity contribution in [1.82, 2.24) is 20.1 Å². The predicted octanol–water partition coefficient (Wildman–Crippen LogP) is 1.87. The summed E-state index contributed by atoms with van der Waals surface area (Å²) in [5.74, 6) is 0.951. The Morgan fingerprint density at radius 3 is 2.79 bits per heavy atom. The number of aliphatic hydroxyl groups excluding tert-OH is 1. The van der Waals surface area contributed by atoms with Crippen molar-refractivity contribution in [2.24, 2.45) is 0 Å². The van der Waals surface area contributed by atoms with Crippen molar-refractivity contribution in [2.75, 3.05) is 32.7 Å². The molecule has 8 heteroatoms. The topological polar surface area (TPSA) is 95.0 Å². The Labute approximate surface area is 165 Å². The molecule has 2 N–H and O–H groups in total. The molecule has 28 heavy (non-hydrogen) atoms. The number of nitrogens with zero attached hydrogens (tertiary/aromatic N) is 3. The molecule has 0 bridgehead atoms. The van der Waals surface area contributed by atoms with Crippen LogP contribution in [0.25, 0.3) is 0 Å². The van der Waals surface area contributed by atoms with E-state index in [1.165, 1.54) is 6.26 Å². The van der Waals surface area contributed by atoms with Crippen LogP contribution in [0.4, 0.5) is 0 Å². The molecule has 3 heterocycles. The number of piperazine rings is 1. The highest BCUT2D eigenvalue weighted by Crippen LogP contribution is 2.11. The lowest BCUT2D eigenvalue weighted by atomic mass is 10.1. The Morgan fingerprint density at radius 2 is 2.07 bits per heavy atom. The van der Waals surface area contributed by atoms with E-state index in [0.29, 0.717) is 24.7 Å². The molecule has 0 radical (unpaired) electrons. The number of carbonyl (C=O) groups is 1. The van der Waals surface area contributed by atoms with Crippen LogP contribution in [0.1, 0.15) is 48.3 Å². The van der Waals surface area contributed by atoms with Crippen molar-refractivity contribution in [1.29, 1.82) is 0 Å². The molecule has 1 saturated heterocycles. The molecular formula is C20H30N4O4. The Hall–Kier alpha value is -2.16. The molecule has 0 unspecified atom stereocenters. The lowest BCUT2D eigenvalue weighted by Gasteiger charge is -2.35. The number of aromatic nitrogens is 1. The number of aliphatic hydroxyl groups is 1. The minimum absolute atomic E-state index is 0.236. The molecule has 0 aliphatic carbocycles. The van der Waals surface area contributed by atoms with Crippen molar-refractivity contribution in [2.45, 2.75) is 45.4 Å². The standard InChI is InChI=1S/C20H30N4O4/c1-2-3-5-16(25)13-23-7-9-24(10-8-23)14-19-22-18(15-28-19)20(26)21-12-17-6-4-11-27-17/h4,6,11,15-16,25H,2-3,5,7-10,12-14H2,1H3,(H,21,26)/t16-/m1/s1. The highest BCUT2D eigenvalue weighted by atomic mass is 16.3. The summed E-state index contributed by atoms with van der Waals surface area (Å²) in [4.78, 5) is 21.0. The lowest BCUT2D eigenvalue weighted by Crippen LogP contribution is -2.48. The molecule has 1 fully saturated rings. The van der Waals surface area contributed by atoms with Crippen molar-refractivity contribution in [3.05, 3.63) is 42.0 Å². The summed E-state index contributed by atoms with van der Waals surface area (Å²) in [6, 6.07) is 3.58. The van der Waals surface area contributed by atoms with Crippen LogP contribution in [-0.2, 0) is 13.1 Å². The third-order valence-corrected chi connectivity index (χ3v) is 4.97. The first-order chi connectivity index (χ1) is 13.6. The largest absolute Gasteiger partial charge is 0.467 e. The van der Waals surface area contributed by atoms with Gasteiger partial charge in [0.05, 0.1) is 25.5 Å². The van der Waals surface area contributed by atoms with E-state index in [0.717, 1.165) is 52.0 Å². The van der Waals surface area contributed by atoms with Gasteiger partial charge in [-0.3, -0.25) is 14.6 Å². The fourth-order valence-electron chi connectivity index (χ4n) is 3.31. The van der Waals surface area contributed by atoms with E-state index in [4.69, 9.17) is 8.83 Å². The smallest absolute Gasteiger partial charge is 0.273 e. The predicted molar refractivity (Wildman–Crippen MR) is 104 cm³/mol. The molecule has 0 aromatic carbocycles. The van der Waals surface area contributed by atoms with E-state index in [9.17, 15) is 9.90 Å². The van der Waals surface area contributed by atoms with Crippen molar-refractivity contribution < 1.29 is 18.7 Å². The summed E-state index contributed by atoms with van der Waals surface area (Å²) >= 11 is 0. The number of unbranched alkanes of at least 4 members (excludes halogenated alkanes) is 1. The number of hydrogen-bond donors (Lipinski definition) is 2. The zero-order chi connectivity index (χ0) is 19.8. The highest BCUT2D eigenvalue weighted by Gasteiger charge is 2.21. The number of carbonyl (C=O) groups excluding carboxylic acids is 1. The monoisotopic (exact) mass is 390 g/mol. The number of hydrogen-bond acceptors (Lipinski definition) is 7. The van der Waals surface area contributed by atoms with Crippen LogP contribution in [0.5, 0.6) is 0 Å². The zero-order valence-corrected chi connectivity index (χ0v) is 16.5. The van der Waals surface area contributed by atoms with Gasteiger partial charge in [-0.05, 0) is 18.6 Å². The number of oxazole rings is 1. The second-order valence-corrected chi connectivity index (χ2v) is 7.26. The van der Waals surface area contributed by atoms with Crippen LogP contribution in [0, 0.1) is 0 Å². The average Bonchev–Trinajstić information content (AvgIpc) is 3.38.